The van der Waals surface area contributed by atoms with Crippen molar-refractivity contribution < 1.29 is 13.6 Å². The zero-order valence-corrected chi connectivity index (χ0v) is 15.8. The zero-order chi connectivity index (χ0) is 16.9. The lowest BCUT2D eigenvalue weighted by Crippen LogP contribution is -2.38. The van der Waals surface area contributed by atoms with Crippen LogP contribution in [0.3, 0.4) is 0 Å². The van der Waals surface area contributed by atoms with Crippen LogP contribution in [0.15, 0.2) is 11.0 Å². The van der Waals surface area contributed by atoms with Gasteiger partial charge in [-0.25, -0.2) is 0 Å². The second-order valence-electron chi connectivity index (χ2n) is 5.06. The van der Waals surface area contributed by atoms with Gasteiger partial charge in [-0.1, -0.05) is 11.8 Å². The van der Waals surface area contributed by atoms with Crippen LogP contribution in [-0.2, 0) is 13.6 Å². The molecule has 1 rings (SSSR count). The van der Waals surface area contributed by atoms with Gasteiger partial charge in [0.25, 0.3) is 0 Å². The van der Waals surface area contributed by atoms with Crippen molar-refractivity contribution in [3.63, 3.8) is 0 Å². The molecule has 1 aromatic heterocycles. The lowest BCUT2D eigenvalue weighted by atomic mass is 10.2. The summed E-state index contributed by atoms with van der Waals surface area (Å²) in [6.07, 6.45) is 1.88. The molecule has 1 aromatic rings. The molecule has 0 amide bonds. The number of tetrazole rings is 1. The van der Waals surface area contributed by atoms with Crippen LogP contribution in [0.2, 0.25) is 0 Å². The van der Waals surface area contributed by atoms with E-state index in [1.807, 2.05) is 34.0 Å². The fourth-order valence-electron chi connectivity index (χ4n) is 2.13. The summed E-state index contributed by atoms with van der Waals surface area (Å²) in [6.45, 7) is 8.17. The third-order valence-electron chi connectivity index (χ3n) is 3.00. The summed E-state index contributed by atoms with van der Waals surface area (Å²) in [4.78, 5) is 2.06. The molecule has 22 heavy (non-hydrogen) atoms. The maximum atomic E-state index is 12.6. The van der Waals surface area contributed by atoms with E-state index in [0.29, 0.717) is 11.0 Å². The maximum absolute atomic E-state index is 12.6. The lowest BCUT2D eigenvalue weighted by molar-refractivity contribution is 0.252. The molecule has 0 saturated carbocycles. The molecule has 0 aliphatic heterocycles. The molecule has 0 unspecified atom stereocenters. The first kappa shape index (κ1) is 19.2. The Hall–Kier alpha value is -0.890. The molecule has 0 N–H and O–H groups in total. The molecule has 0 bridgehead atoms. The number of aromatic nitrogens is 4. The molecule has 0 aliphatic rings. The number of thioether (sulfide) groups is 1. The standard InChI is InChI=1S/C12H24N5O3PS/c1-9(2)16(10(3)4)11(8-21(18,19-5)20-6)17-12(22-7)13-14-15-17/h8-10H,1-7H3/b11-8-. The third kappa shape index (κ3) is 4.32. The van der Waals surface area contributed by atoms with Crippen LogP contribution < -0.4 is 0 Å². The first-order chi connectivity index (χ1) is 10.3. The van der Waals surface area contributed by atoms with Crippen LogP contribution in [0.1, 0.15) is 27.7 Å². The van der Waals surface area contributed by atoms with Crippen LogP contribution in [-0.4, -0.2) is 57.7 Å². The van der Waals surface area contributed by atoms with Gasteiger partial charge in [0.15, 0.2) is 0 Å². The average Bonchev–Trinajstić information content (AvgIpc) is 2.93. The summed E-state index contributed by atoms with van der Waals surface area (Å²) in [5.74, 6) is 2.04. The van der Waals surface area contributed by atoms with E-state index in [1.165, 1.54) is 31.8 Å². The number of hydrogen-bond acceptors (Lipinski definition) is 8. The Morgan fingerprint density at radius 2 is 1.82 bits per heavy atom. The van der Waals surface area contributed by atoms with Gasteiger partial charge in [-0.3, -0.25) is 4.57 Å². The van der Waals surface area contributed by atoms with Crippen molar-refractivity contribution in [3.05, 3.63) is 5.82 Å². The minimum atomic E-state index is -3.37. The molecule has 0 aromatic carbocycles. The first-order valence-corrected chi connectivity index (χ1v) is 9.68. The quantitative estimate of drug-likeness (QED) is 0.523. The molecule has 0 fully saturated rings. The highest BCUT2D eigenvalue weighted by Gasteiger charge is 2.27. The van der Waals surface area contributed by atoms with Gasteiger partial charge in [0, 0.05) is 26.3 Å². The topological polar surface area (TPSA) is 82.4 Å². The fourth-order valence-corrected chi connectivity index (χ4v) is 3.43. The first-order valence-electron chi connectivity index (χ1n) is 6.84. The van der Waals surface area contributed by atoms with E-state index in [4.69, 9.17) is 9.05 Å². The van der Waals surface area contributed by atoms with Crippen molar-refractivity contribution in [2.75, 3.05) is 20.5 Å². The van der Waals surface area contributed by atoms with Gasteiger partial charge in [-0.2, -0.15) is 4.68 Å². The van der Waals surface area contributed by atoms with E-state index in [9.17, 15) is 4.57 Å². The van der Waals surface area contributed by atoms with Gasteiger partial charge in [0.05, 0.1) is 5.82 Å². The van der Waals surface area contributed by atoms with E-state index in [-0.39, 0.29) is 12.1 Å². The highest BCUT2D eigenvalue weighted by atomic mass is 32.2. The summed E-state index contributed by atoms with van der Waals surface area (Å²) in [5.41, 5.74) is 0. The molecule has 126 valence electrons. The molecule has 1 heterocycles. The Morgan fingerprint density at radius 3 is 2.23 bits per heavy atom. The lowest BCUT2D eigenvalue weighted by Gasteiger charge is -2.35. The van der Waals surface area contributed by atoms with Crippen LogP contribution in [0, 0.1) is 0 Å². The highest BCUT2D eigenvalue weighted by molar-refractivity contribution is 7.98. The van der Waals surface area contributed by atoms with Gasteiger partial charge in [-0.05, 0) is 44.4 Å². The second-order valence-corrected chi connectivity index (χ2v) is 7.91. The predicted octanol–water partition coefficient (Wildman–Crippen LogP) is 2.76. The molecule has 0 atom stereocenters. The van der Waals surface area contributed by atoms with Crippen molar-refractivity contribution in [1.29, 1.82) is 0 Å². The molecular weight excluding hydrogens is 325 g/mol. The number of hydrogen-bond donors (Lipinski definition) is 0. The molecule has 8 nitrogen and oxygen atoms in total. The van der Waals surface area contributed by atoms with E-state index in [2.05, 4.69) is 20.4 Å². The van der Waals surface area contributed by atoms with Crippen molar-refractivity contribution in [2.45, 2.75) is 44.9 Å². The monoisotopic (exact) mass is 349 g/mol. The second kappa shape index (κ2) is 8.10. The normalized spacial score (nSPS) is 13.2. The van der Waals surface area contributed by atoms with Crippen molar-refractivity contribution >= 4 is 25.2 Å². The van der Waals surface area contributed by atoms with Crippen LogP contribution >= 0.6 is 19.4 Å². The van der Waals surface area contributed by atoms with E-state index in [0.717, 1.165) is 0 Å². The van der Waals surface area contributed by atoms with E-state index >= 15 is 0 Å². The molecule has 0 saturated heterocycles. The Bertz CT molecular complexity index is 545. The Kier molecular flexibility index (Phi) is 7.05. The highest BCUT2D eigenvalue weighted by Crippen LogP contribution is 2.50. The molecule has 10 heteroatoms. The van der Waals surface area contributed by atoms with Gasteiger partial charge in [0.2, 0.25) is 5.16 Å². The van der Waals surface area contributed by atoms with E-state index in [1.54, 1.807) is 4.68 Å². The summed E-state index contributed by atoms with van der Waals surface area (Å²) in [5, 5.41) is 12.3. The molecule has 0 spiro atoms. The number of rotatable bonds is 8. The smallest absolute Gasteiger partial charge is 0.351 e. The predicted molar refractivity (Wildman–Crippen MR) is 87.6 cm³/mol. The summed E-state index contributed by atoms with van der Waals surface area (Å²) >= 11 is 1.40. The Morgan fingerprint density at radius 1 is 1.27 bits per heavy atom. The Balaban J connectivity index is 3.52. The van der Waals surface area contributed by atoms with Crippen LogP contribution in [0.4, 0.5) is 0 Å². The van der Waals surface area contributed by atoms with Crippen LogP contribution in [0.25, 0.3) is 5.82 Å². The van der Waals surface area contributed by atoms with Gasteiger partial charge in [0.1, 0.15) is 5.82 Å². The van der Waals surface area contributed by atoms with Crippen molar-refractivity contribution in [3.8, 4) is 0 Å². The minimum absolute atomic E-state index is 0.146. The summed E-state index contributed by atoms with van der Waals surface area (Å²) in [7, 11) is -0.672. The van der Waals surface area contributed by atoms with E-state index < -0.39 is 7.60 Å². The maximum Gasteiger partial charge on any atom is 0.357 e. The van der Waals surface area contributed by atoms with Crippen molar-refractivity contribution in [1.82, 2.24) is 25.1 Å². The van der Waals surface area contributed by atoms with Crippen molar-refractivity contribution in [2.24, 2.45) is 0 Å². The summed E-state index contributed by atoms with van der Waals surface area (Å²) in [6, 6.07) is 0.291. The number of nitrogens with zero attached hydrogens (tertiary/aromatic N) is 5. The average molecular weight is 349 g/mol. The van der Waals surface area contributed by atoms with Gasteiger partial charge >= 0.3 is 7.60 Å². The SMILES string of the molecule is COP(=O)(/C=C(/N(C(C)C)C(C)C)n1nnnc1SC)OC. The fraction of sp³-hybridized carbons (Fsp3) is 0.750. The van der Waals surface area contributed by atoms with Crippen LogP contribution in [0.5, 0.6) is 0 Å². The Labute approximate surface area is 135 Å². The molecule has 0 radical (unpaired) electrons. The third-order valence-corrected chi connectivity index (χ3v) is 5.19. The molecular formula is C12H24N5O3PS. The summed E-state index contributed by atoms with van der Waals surface area (Å²) < 4.78 is 24.2. The zero-order valence-electron chi connectivity index (χ0n) is 14.0. The van der Waals surface area contributed by atoms with Gasteiger partial charge < -0.3 is 13.9 Å². The minimum Gasteiger partial charge on any atom is -0.351 e. The largest absolute Gasteiger partial charge is 0.357 e. The molecule has 0 aliphatic carbocycles. The van der Waals surface area contributed by atoms with Gasteiger partial charge in [-0.15, -0.1) is 5.10 Å².